The van der Waals surface area contributed by atoms with Crippen molar-refractivity contribution in [3.05, 3.63) is 64.1 Å². The average Bonchev–Trinajstić information content (AvgIpc) is 2.83. The van der Waals surface area contributed by atoms with Gasteiger partial charge in [-0.2, -0.15) is 5.10 Å². The van der Waals surface area contributed by atoms with E-state index in [9.17, 15) is 4.79 Å². The third kappa shape index (κ3) is 3.08. The van der Waals surface area contributed by atoms with Crippen molar-refractivity contribution in [1.82, 2.24) is 5.43 Å². The number of hydrogen-bond donors (Lipinski definition) is 2. The van der Waals surface area contributed by atoms with Crippen LogP contribution in [0.3, 0.4) is 0 Å². The van der Waals surface area contributed by atoms with E-state index in [0.717, 1.165) is 21.3 Å². The van der Waals surface area contributed by atoms with Gasteiger partial charge in [0.2, 0.25) is 0 Å². The first-order valence-electron chi connectivity index (χ1n) is 6.66. The molecule has 0 atom stereocenters. The van der Waals surface area contributed by atoms with Crippen LogP contribution >= 0.6 is 28.1 Å². The number of benzene rings is 2. The van der Waals surface area contributed by atoms with Crippen LogP contribution in [0.4, 0.5) is 5.69 Å². The molecule has 0 fully saturated rings. The van der Waals surface area contributed by atoms with Gasteiger partial charge in [-0.1, -0.05) is 36.4 Å². The second-order valence-corrected chi connectivity index (χ2v) is 6.03. The summed E-state index contributed by atoms with van der Waals surface area (Å²) >= 11 is 8.64. The minimum absolute atomic E-state index is 0.00242. The molecular weight excluding hydrogens is 362 g/mol. The summed E-state index contributed by atoms with van der Waals surface area (Å²) in [6, 6.07) is 15.3. The molecule has 3 rings (SSSR count). The second kappa shape index (κ2) is 6.37. The Hall–Kier alpha value is -2.05. The van der Waals surface area contributed by atoms with E-state index in [0.29, 0.717) is 17.2 Å². The van der Waals surface area contributed by atoms with Crippen LogP contribution in [0, 0.1) is 0 Å². The topological polar surface area (TPSA) is 53.5 Å². The number of hydrogen-bond acceptors (Lipinski definition) is 3. The van der Waals surface area contributed by atoms with E-state index in [1.54, 1.807) is 0 Å². The van der Waals surface area contributed by atoms with Gasteiger partial charge >= 0.3 is 0 Å². The molecule has 4 nitrogen and oxygen atoms in total. The zero-order valence-corrected chi connectivity index (χ0v) is 13.9. The van der Waals surface area contributed by atoms with E-state index >= 15 is 0 Å². The average molecular weight is 374 g/mol. The minimum Gasteiger partial charge on any atom is -0.330 e. The van der Waals surface area contributed by atoms with E-state index in [4.69, 9.17) is 12.2 Å². The Morgan fingerprint density at radius 3 is 2.68 bits per heavy atom. The first-order valence-corrected chi connectivity index (χ1v) is 7.86. The molecule has 0 heterocycles. The van der Waals surface area contributed by atoms with Gasteiger partial charge in [-0.25, -0.2) is 0 Å². The molecule has 0 aromatic heterocycles. The van der Waals surface area contributed by atoms with Crippen LogP contribution in [-0.2, 0) is 11.2 Å². The number of ketones is 1. The molecule has 2 N–H and O–H groups in total. The fourth-order valence-electron chi connectivity index (χ4n) is 2.25. The van der Waals surface area contributed by atoms with Crippen molar-refractivity contribution < 1.29 is 4.79 Å². The number of rotatable bonds is 2. The molecule has 1 aliphatic rings. The van der Waals surface area contributed by atoms with Gasteiger partial charge < -0.3 is 5.32 Å². The van der Waals surface area contributed by atoms with Gasteiger partial charge in [0, 0.05) is 16.5 Å². The lowest BCUT2D eigenvalue weighted by Gasteiger charge is -2.09. The lowest BCUT2D eigenvalue weighted by atomic mass is 10.1. The first kappa shape index (κ1) is 14.9. The first-order chi connectivity index (χ1) is 10.6. The molecule has 0 saturated heterocycles. The summed E-state index contributed by atoms with van der Waals surface area (Å²) in [5.41, 5.74) is 5.86. The molecule has 22 heavy (non-hydrogen) atoms. The van der Waals surface area contributed by atoms with E-state index in [1.165, 1.54) is 0 Å². The van der Waals surface area contributed by atoms with Gasteiger partial charge in [0.25, 0.3) is 0 Å². The Morgan fingerprint density at radius 1 is 1.14 bits per heavy atom. The van der Waals surface area contributed by atoms with Crippen LogP contribution in [0.15, 0.2) is 58.1 Å². The highest BCUT2D eigenvalue weighted by Crippen LogP contribution is 2.21. The number of carbonyl (C=O) groups is 1. The molecule has 1 aliphatic carbocycles. The third-order valence-corrected chi connectivity index (χ3v) is 4.16. The molecule has 0 aliphatic heterocycles. The standard InChI is InChI=1S/C16H12BrN3OS/c17-12-7-3-4-8-13(12)18-16(22)20-19-15-11-6-2-1-5-10(11)9-14(15)21/h1-8H,9H2,(H2,18,20,22)/b19-15-. The Balaban J connectivity index is 1.73. The SMILES string of the molecule is O=C1Cc2ccccc2/C1=N/NC(=S)Nc1ccccc1Br. The molecule has 6 heteroatoms. The molecule has 110 valence electrons. The molecule has 0 unspecified atom stereocenters. The normalized spacial score (nSPS) is 14.8. The fraction of sp³-hybridized carbons (Fsp3) is 0.0625. The van der Waals surface area contributed by atoms with Crippen molar-refractivity contribution in [2.75, 3.05) is 5.32 Å². The summed E-state index contributed by atoms with van der Waals surface area (Å²) in [5.74, 6) is -0.00242. The fourth-order valence-corrected chi connectivity index (χ4v) is 2.79. The van der Waals surface area contributed by atoms with Gasteiger partial charge in [-0.3, -0.25) is 10.2 Å². The molecule has 0 saturated carbocycles. The van der Waals surface area contributed by atoms with E-state index in [1.807, 2.05) is 48.5 Å². The lowest BCUT2D eigenvalue weighted by Crippen LogP contribution is -2.26. The summed E-state index contributed by atoms with van der Waals surface area (Å²) in [7, 11) is 0. The van der Waals surface area contributed by atoms with Crippen molar-refractivity contribution in [2.24, 2.45) is 5.10 Å². The van der Waals surface area contributed by atoms with Gasteiger partial charge in [-0.05, 0) is 45.8 Å². The lowest BCUT2D eigenvalue weighted by molar-refractivity contribution is -0.112. The Labute approximate surface area is 141 Å². The van der Waals surface area contributed by atoms with E-state index < -0.39 is 0 Å². The second-order valence-electron chi connectivity index (χ2n) is 4.76. The third-order valence-electron chi connectivity index (χ3n) is 3.28. The number of Topliss-reactive ketones (excluding diaryl/α,β-unsaturated/α-hetero) is 1. The number of para-hydroxylation sites is 1. The quantitative estimate of drug-likeness (QED) is 0.626. The van der Waals surface area contributed by atoms with Crippen molar-refractivity contribution in [3.63, 3.8) is 0 Å². The Kier molecular flexibility index (Phi) is 4.31. The van der Waals surface area contributed by atoms with Crippen LogP contribution in [0.2, 0.25) is 0 Å². The summed E-state index contributed by atoms with van der Waals surface area (Å²) in [6.07, 6.45) is 0.390. The van der Waals surface area contributed by atoms with E-state index in [-0.39, 0.29) is 5.78 Å². The number of nitrogens with one attached hydrogen (secondary N) is 2. The maximum absolute atomic E-state index is 12.0. The van der Waals surface area contributed by atoms with Crippen LogP contribution in [-0.4, -0.2) is 16.6 Å². The molecule has 0 radical (unpaired) electrons. The number of fused-ring (bicyclic) bond motifs is 1. The van der Waals surface area contributed by atoms with Crippen molar-refractivity contribution in [1.29, 1.82) is 0 Å². The number of halogens is 1. The predicted octanol–water partition coefficient (Wildman–Crippen LogP) is 3.27. The highest BCUT2D eigenvalue weighted by Gasteiger charge is 2.25. The van der Waals surface area contributed by atoms with E-state index in [2.05, 4.69) is 31.8 Å². The number of carbonyl (C=O) groups excluding carboxylic acids is 1. The number of thiocarbonyl (C=S) groups is 1. The van der Waals surface area contributed by atoms with Crippen molar-refractivity contribution >= 4 is 50.4 Å². The highest BCUT2D eigenvalue weighted by atomic mass is 79.9. The van der Waals surface area contributed by atoms with Crippen molar-refractivity contribution in [2.45, 2.75) is 6.42 Å². The largest absolute Gasteiger partial charge is 0.330 e. The Bertz CT molecular complexity index is 788. The summed E-state index contributed by atoms with van der Waals surface area (Å²) in [6.45, 7) is 0. The summed E-state index contributed by atoms with van der Waals surface area (Å²) in [5, 5.41) is 7.53. The maximum Gasteiger partial charge on any atom is 0.191 e. The zero-order chi connectivity index (χ0) is 15.5. The minimum atomic E-state index is -0.00242. The molecule has 0 amide bonds. The van der Waals surface area contributed by atoms with Crippen LogP contribution in [0.1, 0.15) is 11.1 Å². The van der Waals surface area contributed by atoms with Gasteiger partial charge in [0.1, 0.15) is 5.71 Å². The molecule has 2 aromatic rings. The highest BCUT2D eigenvalue weighted by molar-refractivity contribution is 9.10. The van der Waals surface area contributed by atoms with Gasteiger partial charge in [0.15, 0.2) is 10.9 Å². The summed E-state index contributed by atoms with van der Waals surface area (Å²) < 4.78 is 0.897. The van der Waals surface area contributed by atoms with Gasteiger partial charge in [-0.15, -0.1) is 0 Å². The van der Waals surface area contributed by atoms with Crippen LogP contribution in [0.5, 0.6) is 0 Å². The predicted molar refractivity (Wildman–Crippen MR) is 95.2 cm³/mol. The summed E-state index contributed by atoms with van der Waals surface area (Å²) in [4.78, 5) is 12.0. The zero-order valence-electron chi connectivity index (χ0n) is 11.5. The monoisotopic (exact) mass is 373 g/mol. The molecular formula is C16H12BrN3OS. The maximum atomic E-state index is 12.0. The molecule has 2 aromatic carbocycles. The van der Waals surface area contributed by atoms with Gasteiger partial charge in [0.05, 0.1) is 5.69 Å². The smallest absolute Gasteiger partial charge is 0.191 e. The van der Waals surface area contributed by atoms with Crippen LogP contribution < -0.4 is 10.7 Å². The Morgan fingerprint density at radius 2 is 1.86 bits per heavy atom. The van der Waals surface area contributed by atoms with Crippen LogP contribution in [0.25, 0.3) is 0 Å². The number of nitrogens with zero attached hydrogens (tertiary/aromatic N) is 1. The number of anilines is 1. The number of hydrazone groups is 1. The molecule has 0 spiro atoms. The molecule has 0 bridgehead atoms. The van der Waals surface area contributed by atoms with Crippen molar-refractivity contribution in [3.8, 4) is 0 Å².